The average Bonchev–Trinajstić information content (AvgIpc) is 2.55. The van der Waals surface area contributed by atoms with Gasteiger partial charge in [0.25, 0.3) is 0 Å². The van der Waals surface area contributed by atoms with E-state index in [0.717, 1.165) is 45.3 Å². The Bertz CT molecular complexity index is 521. The SMILES string of the molecule is C=CCCC(=O)NC1CCCN(Cc2ccc(CC(C)C)cc2)C1. The lowest BCUT2D eigenvalue weighted by molar-refractivity contribution is -0.122. The highest BCUT2D eigenvalue weighted by Gasteiger charge is 2.21. The maximum atomic E-state index is 11.9. The largest absolute Gasteiger partial charge is 0.352 e. The normalized spacial score (nSPS) is 18.5. The van der Waals surface area contributed by atoms with Crippen LogP contribution in [0.15, 0.2) is 36.9 Å². The number of rotatable bonds is 8. The van der Waals surface area contributed by atoms with Crippen LogP contribution in [-0.4, -0.2) is 29.9 Å². The van der Waals surface area contributed by atoms with Crippen LogP contribution in [0.4, 0.5) is 0 Å². The number of nitrogens with zero attached hydrogens (tertiary/aromatic N) is 1. The average molecular weight is 329 g/mol. The number of hydrogen-bond acceptors (Lipinski definition) is 2. The van der Waals surface area contributed by atoms with Crippen molar-refractivity contribution in [2.45, 2.75) is 58.5 Å². The van der Waals surface area contributed by atoms with E-state index >= 15 is 0 Å². The lowest BCUT2D eigenvalue weighted by atomic mass is 10.0. The lowest BCUT2D eigenvalue weighted by Crippen LogP contribution is -2.47. The van der Waals surface area contributed by atoms with Crippen molar-refractivity contribution in [3.8, 4) is 0 Å². The van der Waals surface area contributed by atoms with Gasteiger partial charge in [0.2, 0.25) is 5.91 Å². The third kappa shape index (κ3) is 6.48. The molecule has 0 saturated carbocycles. The number of benzene rings is 1. The highest BCUT2D eigenvalue weighted by atomic mass is 16.1. The number of amides is 1. The fourth-order valence-corrected chi connectivity index (χ4v) is 3.36. The van der Waals surface area contributed by atoms with Crippen molar-refractivity contribution in [3.63, 3.8) is 0 Å². The molecule has 0 spiro atoms. The smallest absolute Gasteiger partial charge is 0.220 e. The van der Waals surface area contributed by atoms with E-state index in [4.69, 9.17) is 0 Å². The summed E-state index contributed by atoms with van der Waals surface area (Å²) in [6, 6.07) is 9.31. The minimum absolute atomic E-state index is 0.153. The fourth-order valence-electron chi connectivity index (χ4n) is 3.36. The molecule has 3 heteroatoms. The van der Waals surface area contributed by atoms with Crippen molar-refractivity contribution in [2.24, 2.45) is 5.92 Å². The van der Waals surface area contributed by atoms with Crippen LogP contribution in [0, 0.1) is 5.92 Å². The van der Waals surface area contributed by atoms with E-state index in [1.807, 2.05) is 0 Å². The van der Waals surface area contributed by atoms with E-state index in [9.17, 15) is 4.79 Å². The number of carbonyl (C=O) groups excluding carboxylic acids is 1. The van der Waals surface area contributed by atoms with E-state index in [1.165, 1.54) is 11.1 Å². The second kappa shape index (κ2) is 9.63. The van der Waals surface area contributed by atoms with Crippen molar-refractivity contribution in [1.82, 2.24) is 10.2 Å². The van der Waals surface area contributed by atoms with Crippen LogP contribution < -0.4 is 5.32 Å². The van der Waals surface area contributed by atoms with Gasteiger partial charge in [0, 0.05) is 25.6 Å². The summed E-state index contributed by atoms with van der Waals surface area (Å²) in [5, 5.41) is 3.17. The number of likely N-dealkylation sites (tertiary alicyclic amines) is 1. The molecule has 1 fully saturated rings. The van der Waals surface area contributed by atoms with Gasteiger partial charge in [-0.1, -0.05) is 44.2 Å². The maximum Gasteiger partial charge on any atom is 0.220 e. The molecule has 0 bridgehead atoms. The molecule has 1 aromatic rings. The minimum atomic E-state index is 0.153. The Kier molecular flexibility index (Phi) is 7.51. The summed E-state index contributed by atoms with van der Waals surface area (Å²) >= 11 is 0. The summed E-state index contributed by atoms with van der Waals surface area (Å²) in [4.78, 5) is 14.3. The van der Waals surface area contributed by atoms with Crippen molar-refractivity contribution < 1.29 is 4.79 Å². The number of carbonyl (C=O) groups is 1. The molecule has 1 atom stereocenters. The zero-order valence-electron chi connectivity index (χ0n) is 15.3. The van der Waals surface area contributed by atoms with Gasteiger partial charge in [0.15, 0.2) is 0 Å². The van der Waals surface area contributed by atoms with E-state index < -0.39 is 0 Å². The second-order valence-electron chi connectivity index (χ2n) is 7.38. The molecule has 1 heterocycles. The number of hydrogen-bond donors (Lipinski definition) is 1. The zero-order chi connectivity index (χ0) is 17.4. The van der Waals surface area contributed by atoms with Crippen LogP contribution in [-0.2, 0) is 17.8 Å². The zero-order valence-corrected chi connectivity index (χ0v) is 15.3. The minimum Gasteiger partial charge on any atom is -0.352 e. The first-order valence-corrected chi connectivity index (χ1v) is 9.27. The lowest BCUT2D eigenvalue weighted by Gasteiger charge is -2.33. The first kappa shape index (κ1) is 18.7. The fraction of sp³-hybridized carbons (Fsp3) is 0.571. The number of piperidine rings is 1. The third-order valence-electron chi connectivity index (χ3n) is 4.52. The van der Waals surface area contributed by atoms with E-state index in [-0.39, 0.29) is 11.9 Å². The van der Waals surface area contributed by atoms with Crippen LogP contribution in [0.3, 0.4) is 0 Å². The molecule has 1 aromatic carbocycles. The Hall–Kier alpha value is -1.61. The highest BCUT2D eigenvalue weighted by Crippen LogP contribution is 2.16. The van der Waals surface area contributed by atoms with Gasteiger partial charge in [0.05, 0.1) is 0 Å². The van der Waals surface area contributed by atoms with E-state index in [0.29, 0.717) is 12.3 Å². The van der Waals surface area contributed by atoms with Gasteiger partial charge >= 0.3 is 0 Å². The first-order valence-electron chi connectivity index (χ1n) is 9.27. The van der Waals surface area contributed by atoms with Crippen molar-refractivity contribution in [3.05, 3.63) is 48.0 Å². The predicted molar refractivity (Wildman–Crippen MR) is 101 cm³/mol. The van der Waals surface area contributed by atoms with Gasteiger partial charge in [-0.05, 0) is 49.3 Å². The summed E-state index contributed by atoms with van der Waals surface area (Å²) in [6.07, 6.45) is 6.49. The van der Waals surface area contributed by atoms with Crippen LogP contribution in [0.25, 0.3) is 0 Å². The topological polar surface area (TPSA) is 32.3 Å². The van der Waals surface area contributed by atoms with E-state index in [2.05, 4.69) is 54.9 Å². The van der Waals surface area contributed by atoms with Gasteiger partial charge in [-0.15, -0.1) is 6.58 Å². The van der Waals surface area contributed by atoms with Crippen LogP contribution >= 0.6 is 0 Å². The van der Waals surface area contributed by atoms with Crippen LogP contribution in [0.5, 0.6) is 0 Å². The third-order valence-corrected chi connectivity index (χ3v) is 4.52. The van der Waals surface area contributed by atoms with Gasteiger partial charge in [-0.25, -0.2) is 0 Å². The van der Waals surface area contributed by atoms with Gasteiger partial charge in [-0.3, -0.25) is 9.69 Å². The van der Waals surface area contributed by atoms with Crippen molar-refractivity contribution in [1.29, 1.82) is 0 Å². The Morgan fingerprint density at radius 2 is 2.04 bits per heavy atom. The van der Waals surface area contributed by atoms with Crippen LogP contribution in [0.2, 0.25) is 0 Å². The molecule has 2 rings (SSSR count). The van der Waals surface area contributed by atoms with Crippen LogP contribution in [0.1, 0.15) is 50.7 Å². The molecular weight excluding hydrogens is 296 g/mol. The molecule has 0 aliphatic carbocycles. The van der Waals surface area contributed by atoms with Gasteiger partial charge in [0.1, 0.15) is 0 Å². The maximum absolute atomic E-state index is 11.9. The molecule has 0 aromatic heterocycles. The summed E-state index contributed by atoms with van der Waals surface area (Å²) < 4.78 is 0. The van der Waals surface area contributed by atoms with E-state index in [1.54, 1.807) is 6.08 Å². The standard InChI is InChI=1S/C21H32N2O/c1-4-5-8-21(24)22-20-7-6-13-23(16-20)15-19-11-9-18(10-12-19)14-17(2)3/h4,9-12,17,20H,1,5-8,13-16H2,2-3H3,(H,22,24). The highest BCUT2D eigenvalue weighted by molar-refractivity contribution is 5.76. The number of nitrogens with one attached hydrogen (secondary N) is 1. The van der Waals surface area contributed by atoms with Crippen molar-refractivity contribution in [2.75, 3.05) is 13.1 Å². The molecular formula is C21H32N2O. The van der Waals surface area contributed by atoms with Gasteiger partial charge in [-0.2, -0.15) is 0 Å². The molecule has 1 aliphatic rings. The molecule has 132 valence electrons. The quantitative estimate of drug-likeness (QED) is 0.733. The Labute approximate surface area is 147 Å². The first-order chi connectivity index (χ1) is 11.6. The Morgan fingerprint density at radius 3 is 2.71 bits per heavy atom. The molecule has 1 saturated heterocycles. The van der Waals surface area contributed by atoms with Crippen molar-refractivity contribution >= 4 is 5.91 Å². The summed E-state index contributed by atoms with van der Waals surface area (Å²) in [5.41, 5.74) is 2.78. The Balaban J connectivity index is 1.81. The summed E-state index contributed by atoms with van der Waals surface area (Å²) in [7, 11) is 0. The molecule has 1 N–H and O–H groups in total. The summed E-state index contributed by atoms with van der Waals surface area (Å²) in [5.74, 6) is 0.850. The Morgan fingerprint density at radius 1 is 1.33 bits per heavy atom. The molecule has 1 unspecified atom stereocenters. The number of allylic oxidation sites excluding steroid dienone is 1. The molecule has 3 nitrogen and oxygen atoms in total. The molecule has 0 radical (unpaired) electrons. The molecule has 1 aliphatic heterocycles. The van der Waals surface area contributed by atoms with Gasteiger partial charge < -0.3 is 5.32 Å². The second-order valence-corrected chi connectivity index (χ2v) is 7.38. The molecule has 24 heavy (non-hydrogen) atoms. The predicted octanol–water partition coefficient (Wildman–Crippen LogP) is 3.93. The molecule has 1 amide bonds. The summed E-state index contributed by atoms with van der Waals surface area (Å²) in [6.45, 7) is 11.2. The monoisotopic (exact) mass is 328 g/mol.